The third kappa shape index (κ3) is 3.27. The summed E-state index contributed by atoms with van der Waals surface area (Å²) in [6.07, 6.45) is 6.57. The minimum atomic E-state index is 0.241. The molecule has 3 heteroatoms. The first kappa shape index (κ1) is 12.5. The highest BCUT2D eigenvalue weighted by Gasteiger charge is 2.28. The van der Waals surface area contributed by atoms with Crippen LogP contribution in [-0.2, 0) is 0 Å². The molecule has 2 unspecified atom stereocenters. The maximum absolute atomic E-state index is 5.86. The number of aromatic nitrogens is 1. The Morgan fingerprint density at radius 3 is 2.88 bits per heavy atom. The van der Waals surface area contributed by atoms with E-state index in [9.17, 15) is 0 Å². The molecule has 1 fully saturated rings. The lowest BCUT2D eigenvalue weighted by atomic mass is 10.0. The molecule has 0 bridgehead atoms. The van der Waals surface area contributed by atoms with E-state index in [4.69, 9.17) is 5.73 Å². The van der Waals surface area contributed by atoms with E-state index in [0.717, 1.165) is 18.4 Å². The van der Waals surface area contributed by atoms with Crippen molar-refractivity contribution in [1.82, 2.24) is 10.3 Å². The third-order valence-corrected chi connectivity index (χ3v) is 3.80. The first-order chi connectivity index (χ1) is 8.22. The Labute approximate surface area is 104 Å². The van der Waals surface area contributed by atoms with Crippen LogP contribution in [0.15, 0.2) is 18.5 Å². The number of nitrogens with two attached hydrogens (primary N) is 1. The predicted molar refractivity (Wildman–Crippen MR) is 70.7 cm³/mol. The van der Waals surface area contributed by atoms with Gasteiger partial charge in [0.2, 0.25) is 0 Å². The average molecular weight is 233 g/mol. The van der Waals surface area contributed by atoms with Crippen molar-refractivity contribution in [1.29, 1.82) is 0 Å². The zero-order valence-electron chi connectivity index (χ0n) is 10.8. The fourth-order valence-electron chi connectivity index (χ4n) is 2.32. The number of aryl methyl sites for hydroxylation is 1. The van der Waals surface area contributed by atoms with Crippen LogP contribution in [0.25, 0.3) is 0 Å². The molecule has 3 N–H and O–H groups in total. The predicted octanol–water partition coefficient (Wildman–Crippen LogP) is 2.03. The van der Waals surface area contributed by atoms with Crippen LogP contribution in [0.2, 0.25) is 0 Å². The van der Waals surface area contributed by atoms with Gasteiger partial charge in [0.15, 0.2) is 0 Å². The largest absolute Gasteiger partial charge is 0.329 e. The van der Waals surface area contributed by atoms with Gasteiger partial charge in [-0.05, 0) is 55.3 Å². The van der Waals surface area contributed by atoms with E-state index in [1.54, 1.807) is 0 Å². The number of pyridine rings is 1. The average Bonchev–Trinajstić information content (AvgIpc) is 3.15. The Morgan fingerprint density at radius 2 is 2.29 bits per heavy atom. The van der Waals surface area contributed by atoms with Gasteiger partial charge in [0.05, 0.1) is 0 Å². The summed E-state index contributed by atoms with van der Waals surface area (Å²) in [7, 11) is 0. The van der Waals surface area contributed by atoms with E-state index >= 15 is 0 Å². The van der Waals surface area contributed by atoms with Gasteiger partial charge in [-0.2, -0.15) is 0 Å². The van der Waals surface area contributed by atoms with Gasteiger partial charge in [-0.15, -0.1) is 0 Å². The second kappa shape index (κ2) is 5.61. The van der Waals surface area contributed by atoms with Crippen molar-refractivity contribution >= 4 is 0 Å². The highest BCUT2D eigenvalue weighted by Crippen LogP contribution is 2.36. The van der Waals surface area contributed by atoms with Crippen molar-refractivity contribution in [2.24, 2.45) is 17.6 Å². The fourth-order valence-corrected chi connectivity index (χ4v) is 2.32. The number of hydrogen-bond donors (Lipinski definition) is 2. The van der Waals surface area contributed by atoms with E-state index in [0.29, 0.717) is 6.54 Å². The Bertz CT molecular complexity index is 360. The monoisotopic (exact) mass is 233 g/mol. The molecule has 94 valence electrons. The molecule has 0 amide bonds. The van der Waals surface area contributed by atoms with Crippen LogP contribution in [0.3, 0.4) is 0 Å². The van der Waals surface area contributed by atoms with Crippen LogP contribution >= 0.6 is 0 Å². The van der Waals surface area contributed by atoms with Crippen molar-refractivity contribution in [2.75, 3.05) is 13.1 Å². The third-order valence-electron chi connectivity index (χ3n) is 3.80. The molecule has 1 aromatic rings. The zero-order valence-corrected chi connectivity index (χ0v) is 10.8. The number of hydrogen-bond acceptors (Lipinski definition) is 3. The Balaban J connectivity index is 1.93. The van der Waals surface area contributed by atoms with Gasteiger partial charge in [-0.25, -0.2) is 0 Å². The van der Waals surface area contributed by atoms with Crippen LogP contribution < -0.4 is 11.1 Å². The van der Waals surface area contributed by atoms with Gasteiger partial charge in [0.25, 0.3) is 0 Å². The van der Waals surface area contributed by atoms with Crippen LogP contribution in [0.1, 0.15) is 36.9 Å². The van der Waals surface area contributed by atoms with Crippen LogP contribution in [-0.4, -0.2) is 18.1 Å². The standard InChI is InChI=1S/C14H23N3/c1-10-5-6-16-9-13(10)14(7-15)17-8-11(2)12-3-4-12/h5-6,9,11-12,14,17H,3-4,7-8,15H2,1-2H3. The Hall–Kier alpha value is -0.930. The minimum Gasteiger partial charge on any atom is -0.329 e. The zero-order chi connectivity index (χ0) is 12.3. The van der Waals surface area contributed by atoms with E-state index in [1.807, 2.05) is 18.5 Å². The molecule has 1 aliphatic carbocycles. The minimum absolute atomic E-state index is 0.241. The van der Waals surface area contributed by atoms with Gasteiger partial charge in [-0.3, -0.25) is 4.98 Å². The van der Waals surface area contributed by atoms with Crippen molar-refractivity contribution in [3.8, 4) is 0 Å². The molecular weight excluding hydrogens is 210 g/mol. The summed E-state index contributed by atoms with van der Waals surface area (Å²) in [6, 6.07) is 2.29. The van der Waals surface area contributed by atoms with Gasteiger partial charge < -0.3 is 11.1 Å². The van der Waals surface area contributed by atoms with Crippen LogP contribution in [0, 0.1) is 18.8 Å². The van der Waals surface area contributed by atoms with E-state index in [2.05, 4.69) is 24.1 Å². The lowest BCUT2D eigenvalue weighted by Crippen LogP contribution is -2.32. The molecule has 2 atom stereocenters. The van der Waals surface area contributed by atoms with Crippen LogP contribution in [0.4, 0.5) is 0 Å². The molecule has 3 nitrogen and oxygen atoms in total. The molecule has 1 aliphatic rings. The Kier molecular flexibility index (Phi) is 4.13. The van der Waals surface area contributed by atoms with E-state index < -0.39 is 0 Å². The lowest BCUT2D eigenvalue weighted by molar-refractivity contribution is 0.421. The molecule has 1 aromatic heterocycles. The maximum Gasteiger partial charge on any atom is 0.0462 e. The number of rotatable bonds is 6. The van der Waals surface area contributed by atoms with Gasteiger partial charge in [-0.1, -0.05) is 6.92 Å². The van der Waals surface area contributed by atoms with Crippen molar-refractivity contribution < 1.29 is 0 Å². The highest BCUT2D eigenvalue weighted by atomic mass is 14.9. The second-order valence-electron chi connectivity index (χ2n) is 5.24. The summed E-state index contributed by atoms with van der Waals surface area (Å²) in [6.45, 7) is 6.13. The fraction of sp³-hybridized carbons (Fsp3) is 0.643. The molecule has 0 radical (unpaired) electrons. The summed E-state index contributed by atoms with van der Waals surface area (Å²) in [5.74, 6) is 1.71. The topological polar surface area (TPSA) is 50.9 Å². The molecule has 0 aromatic carbocycles. The van der Waals surface area contributed by atoms with Crippen molar-refractivity contribution in [3.63, 3.8) is 0 Å². The first-order valence-electron chi connectivity index (χ1n) is 6.56. The summed E-state index contributed by atoms with van der Waals surface area (Å²) in [5, 5.41) is 3.58. The molecule has 1 saturated carbocycles. The molecular formula is C14H23N3. The lowest BCUT2D eigenvalue weighted by Gasteiger charge is -2.21. The molecule has 17 heavy (non-hydrogen) atoms. The summed E-state index contributed by atoms with van der Waals surface area (Å²) < 4.78 is 0. The quantitative estimate of drug-likeness (QED) is 0.790. The Morgan fingerprint density at radius 1 is 1.53 bits per heavy atom. The molecule has 1 heterocycles. The summed E-state index contributed by atoms with van der Waals surface area (Å²) >= 11 is 0. The van der Waals surface area contributed by atoms with Crippen LogP contribution in [0.5, 0.6) is 0 Å². The SMILES string of the molecule is Cc1ccncc1C(CN)NCC(C)C1CC1. The number of nitrogens with one attached hydrogen (secondary N) is 1. The van der Waals surface area contributed by atoms with E-state index in [-0.39, 0.29) is 6.04 Å². The van der Waals surface area contributed by atoms with Gasteiger partial charge in [0.1, 0.15) is 0 Å². The second-order valence-corrected chi connectivity index (χ2v) is 5.24. The first-order valence-corrected chi connectivity index (χ1v) is 6.56. The van der Waals surface area contributed by atoms with Gasteiger partial charge >= 0.3 is 0 Å². The number of nitrogens with zero attached hydrogens (tertiary/aromatic N) is 1. The van der Waals surface area contributed by atoms with Crippen molar-refractivity contribution in [2.45, 2.75) is 32.7 Å². The van der Waals surface area contributed by atoms with Gasteiger partial charge in [0, 0.05) is 25.0 Å². The summed E-state index contributed by atoms with van der Waals surface area (Å²) in [5.41, 5.74) is 8.36. The molecule has 0 spiro atoms. The van der Waals surface area contributed by atoms with Crippen molar-refractivity contribution in [3.05, 3.63) is 29.6 Å². The smallest absolute Gasteiger partial charge is 0.0462 e. The normalized spacial score (nSPS) is 19.0. The molecule has 0 saturated heterocycles. The maximum atomic E-state index is 5.86. The summed E-state index contributed by atoms with van der Waals surface area (Å²) in [4.78, 5) is 4.19. The van der Waals surface area contributed by atoms with E-state index in [1.165, 1.54) is 24.0 Å². The molecule has 0 aliphatic heterocycles. The highest BCUT2D eigenvalue weighted by molar-refractivity contribution is 5.25. The molecule has 2 rings (SSSR count).